The Kier molecular flexibility index (Phi) is 10.6. The number of ether oxygens (including phenoxy) is 2. The SMILES string of the molecule is C[C@]1(F)C[C@H](Nc2nccc(-c3cccnc3Oc3cc(F)c(NS(=O)(=O)Cc4ccccc4)c(F)c3F)n2)CN(C(=O)OCc2ccccc2)C1. The first-order chi connectivity index (χ1) is 24.9. The summed E-state index contributed by atoms with van der Waals surface area (Å²) in [7, 11) is -4.32. The molecule has 270 valence electrons. The van der Waals surface area contributed by atoms with Gasteiger partial charge in [-0.3, -0.25) is 4.72 Å². The van der Waals surface area contributed by atoms with Crippen LogP contribution in [-0.4, -0.2) is 59.2 Å². The number of piperidine rings is 1. The highest BCUT2D eigenvalue weighted by atomic mass is 32.2. The summed E-state index contributed by atoms with van der Waals surface area (Å²) in [5.74, 6) is -6.65. The molecule has 2 aromatic heterocycles. The third-order valence-corrected chi connectivity index (χ3v) is 9.15. The average Bonchev–Trinajstić information content (AvgIpc) is 3.11. The van der Waals surface area contributed by atoms with Crippen molar-refractivity contribution >= 4 is 27.8 Å². The van der Waals surface area contributed by atoms with E-state index in [1.54, 1.807) is 35.1 Å². The van der Waals surface area contributed by atoms with E-state index in [4.69, 9.17) is 9.47 Å². The molecule has 1 aliphatic rings. The molecule has 0 radical (unpaired) electrons. The van der Waals surface area contributed by atoms with Crippen molar-refractivity contribution in [3.05, 3.63) is 126 Å². The number of nitrogens with one attached hydrogen (secondary N) is 2. The van der Waals surface area contributed by atoms with E-state index in [9.17, 15) is 13.2 Å². The second-order valence-corrected chi connectivity index (χ2v) is 14.0. The summed E-state index contributed by atoms with van der Waals surface area (Å²) >= 11 is 0. The van der Waals surface area contributed by atoms with Gasteiger partial charge < -0.3 is 19.7 Å². The first-order valence-corrected chi connectivity index (χ1v) is 17.6. The van der Waals surface area contributed by atoms with Gasteiger partial charge in [0, 0.05) is 37.5 Å². The van der Waals surface area contributed by atoms with Crippen LogP contribution in [0.4, 0.5) is 34.0 Å². The smallest absolute Gasteiger partial charge is 0.410 e. The predicted molar refractivity (Wildman–Crippen MR) is 184 cm³/mol. The highest BCUT2D eigenvalue weighted by molar-refractivity contribution is 7.91. The number of sulfonamides is 1. The molecule has 0 aliphatic carbocycles. The van der Waals surface area contributed by atoms with Gasteiger partial charge >= 0.3 is 6.09 Å². The van der Waals surface area contributed by atoms with E-state index in [1.165, 1.54) is 54.5 Å². The molecule has 2 N–H and O–H groups in total. The van der Waals surface area contributed by atoms with Crippen molar-refractivity contribution in [1.82, 2.24) is 19.9 Å². The number of hydrogen-bond donors (Lipinski definition) is 2. The molecular formula is C36H32F4N6O5S. The monoisotopic (exact) mass is 736 g/mol. The molecule has 11 nitrogen and oxygen atoms in total. The zero-order valence-electron chi connectivity index (χ0n) is 27.6. The number of benzene rings is 3. The number of anilines is 2. The van der Waals surface area contributed by atoms with Gasteiger partial charge in [-0.05, 0) is 36.2 Å². The van der Waals surface area contributed by atoms with E-state index < -0.39 is 62.5 Å². The van der Waals surface area contributed by atoms with E-state index in [2.05, 4.69) is 20.3 Å². The van der Waals surface area contributed by atoms with Crippen LogP contribution < -0.4 is 14.8 Å². The van der Waals surface area contributed by atoms with Crippen LogP contribution in [0.2, 0.25) is 0 Å². The lowest BCUT2D eigenvalue weighted by Gasteiger charge is -2.39. The van der Waals surface area contributed by atoms with Crippen molar-refractivity contribution in [3.63, 3.8) is 0 Å². The number of amides is 1. The molecule has 3 heterocycles. The molecule has 0 bridgehead atoms. The van der Waals surface area contributed by atoms with Crippen LogP contribution in [0.25, 0.3) is 11.3 Å². The van der Waals surface area contributed by atoms with Crippen LogP contribution in [0.5, 0.6) is 11.6 Å². The third kappa shape index (κ3) is 8.93. The number of hydrogen-bond acceptors (Lipinski definition) is 9. The molecule has 1 amide bonds. The zero-order valence-corrected chi connectivity index (χ0v) is 28.4. The van der Waals surface area contributed by atoms with Crippen molar-refractivity contribution in [2.24, 2.45) is 0 Å². The first-order valence-electron chi connectivity index (χ1n) is 15.9. The maximum atomic E-state index is 15.4. The van der Waals surface area contributed by atoms with Crippen LogP contribution in [0.3, 0.4) is 0 Å². The predicted octanol–water partition coefficient (Wildman–Crippen LogP) is 7.24. The largest absolute Gasteiger partial charge is 0.445 e. The van der Waals surface area contributed by atoms with Crippen molar-refractivity contribution < 1.29 is 40.2 Å². The molecule has 5 aromatic rings. The molecule has 52 heavy (non-hydrogen) atoms. The van der Waals surface area contributed by atoms with E-state index in [0.717, 1.165) is 5.56 Å². The van der Waals surface area contributed by atoms with Gasteiger partial charge in [0.25, 0.3) is 0 Å². The Balaban J connectivity index is 1.17. The van der Waals surface area contributed by atoms with Crippen LogP contribution in [0.15, 0.2) is 97.3 Å². The fourth-order valence-electron chi connectivity index (χ4n) is 5.68. The minimum atomic E-state index is -4.32. The van der Waals surface area contributed by atoms with Crippen molar-refractivity contribution in [2.45, 2.75) is 37.4 Å². The van der Waals surface area contributed by atoms with Crippen molar-refractivity contribution in [3.8, 4) is 22.9 Å². The number of pyridine rings is 1. The second-order valence-electron chi connectivity index (χ2n) is 12.3. The molecule has 1 aliphatic heterocycles. The lowest BCUT2D eigenvalue weighted by atomic mass is 9.93. The summed E-state index contributed by atoms with van der Waals surface area (Å²) in [6.45, 7) is 1.33. The number of rotatable bonds is 11. The van der Waals surface area contributed by atoms with Crippen molar-refractivity contribution in [1.29, 1.82) is 0 Å². The zero-order chi connectivity index (χ0) is 36.9. The number of aromatic nitrogens is 3. The highest BCUT2D eigenvalue weighted by Gasteiger charge is 2.39. The summed E-state index contributed by atoms with van der Waals surface area (Å²) in [4.78, 5) is 26.9. The van der Waals surface area contributed by atoms with Gasteiger partial charge in [-0.15, -0.1) is 0 Å². The molecule has 3 aromatic carbocycles. The number of halogens is 4. The Morgan fingerprint density at radius 1 is 0.942 bits per heavy atom. The summed E-state index contributed by atoms with van der Waals surface area (Å²) in [5.41, 5.74) is -1.45. The molecule has 0 saturated carbocycles. The van der Waals surface area contributed by atoms with Gasteiger partial charge in [-0.2, -0.15) is 4.39 Å². The molecule has 0 unspecified atom stereocenters. The van der Waals surface area contributed by atoms with Crippen molar-refractivity contribution in [2.75, 3.05) is 23.1 Å². The molecule has 2 atom stereocenters. The lowest BCUT2D eigenvalue weighted by Crippen LogP contribution is -2.54. The van der Waals surface area contributed by atoms with E-state index in [0.29, 0.717) is 11.6 Å². The topological polar surface area (TPSA) is 136 Å². The van der Waals surface area contributed by atoms with Gasteiger partial charge in [0.15, 0.2) is 17.4 Å². The average molecular weight is 737 g/mol. The van der Waals surface area contributed by atoms with Gasteiger partial charge in [0.2, 0.25) is 27.7 Å². The van der Waals surface area contributed by atoms with Gasteiger partial charge in [0.1, 0.15) is 18.0 Å². The van der Waals surface area contributed by atoms with E-state index in [-0.39, 0.29) is 49.2 Å². The lowest BCUT2D eigenvalue weighted by molar-refractivity contribution is 0.0339. The van der Waals surface area contributed by atoms with Gasteiger partial charge in [-0.1, -0.05) is 60.7 Å². The Morgan fingerprint density at radius 3 is 2.38 bits per heavy atom. The molecule has 1 fully saturated rings. The Morgan fingerprint density at radius 2 is 1.65 bits per heavy atom. The fourth-order valence-corrected chi connectivity index (χ4v) is 6.88. The minimum Gasteiger partial charge on any atom is -0.445 e. The standard InChI is InChI=1S/C36H32F4N6O5S/c1-36(40)18-25(19-46(22-36)35(47)50-20-23-9-4-2-5-10-23)43-34-42-16-14-28(44-34)26-13-8-15-41-33(26)51-29-17-27(37)32(31(39)30(29)38)45-52(48,49)21-24-11-6-3-7-12-24/h2-17,25,45H,18-22H2,1H3,(H,42,43,44)/t25-,36-/m0/s1. The van der Waals surface area contributed by atoms with Crippen LogP contribution in [-0.2, 0) is 27.1 Å². The van der Waals surface area contributed by atoms with Crippen LogP contribution in [0.1, 0.15) is 24.5 Å². The van der Waals surface area contributed by atoms with E-state index >= 15 is 17.6 Å². The molecular weight excluding hydrogens is 704 g/mol. The van der Waals surface area contributed by atoms with E-state index in [1.807, 2.05) is 18.2 Å². The number of alkyl halides is 1. The highest BCUT2D eigenvalue weighted by Crippen LogP contribution is 2.36. The molecule has 6 rings (SSSR count). The summed E-state index contributed by atoms with van der Waals surface area (Å²) in [6.07, 6.45) is 2.04. The third-order valence-electron chi connectivity index (χ3n) is 7.92. The number of likely N-dealkylation sites (tertiary alicyclic amines) is 1. The number of carbonyl (C=O) groups is 1. The minimum absolute atomic E-state index is 0.0266. The Bertz CT molecular complexity index is 2160. The maximum Gasteiger partial charge on any atom is 0.410 e. The second kappa shape index (κ2) is 15.2. The Labute approximate surface area is 296 Å². The quantitative estimate of drug-likeness (QED) is 0.106. The first kappa shape index (κ1) is 36.0. The molecule has 16 heteroatoms. The molecule has 1 saturated heterocycles. The summed E-state index contributed by atoms with van der Waals surface area (Å²) in [5, 5.41) is 3.05. The number of nitrogens with zero attached hydrogens (tertiary/aromatic N) is 4. The Hall–Kier alpha value is -5.77. The molecule has 0 spiro atoms. The number of carbonyl (C=O) groups excluding carboxylic acids is 1. The maximum absolute atomic E-state index is 15.4. The summed E-state index contributed by atoms with van der Waals surface area (Å²) < 4.78 is 98.8. The van der Waals surface area contributed by atoms with Crippen LogP contribution in [0, 0.1) is 17.5 Å². The fraction of sp³-hybridized carbons (Fsp3) is 0.222. The normalized spacial score (nSPS) is 17.3. The van der Waals surface area contributed by atoms with Gasteiger partial charge in [0.05, 0.1) is 23.6 Å². The summed E-state index contributed by atoms with van der Waals surface area (Å²) in [6, 6.07) is 21.4. The van der Waals surface area contributed by atoms with Crippen LogP contribution >= 0.6 is 0 Å². The van der Waals surface area contributed by atoms with Gasteiger partial charge in [-0.25, -0.2) is 41.3 Å².